The van der Waals surface area contributed by atoms with Gasteiger partial charge in [0.25, 0.3) is 0 Å². The van der Waals surface area contributed by atoms with Crippen LogP contribution in [0, 0.1) is 0 Å². The lowest BCUT2D eigenvalue weighted by Gasteiger charge is -2.14. The number of benzene rings is 2. The molecule has 0 radical (unpaired) electrons. The van der Waals surface area contributed by atoms with Gasteiger partial charge >= 0.3 is 0 Å². The number of allylic oxidation sites excluding steroid dienone is 6. The van der Waals surface area contributed by atoms with E-state index in [1.54, 1.807) is 4.70 Å². The molecule has 0 N–H and O–H groups in total. The number of rotatable bonds is 54. The first kappa shape index (κ1) is 67.3. The van der Waals surface area contributed by atoms with Crippen LogP contribution >= 0.6 is 0 Å². The highest BCUT2D eigenvalue weighted by atomic mass is 15.2. The maximum Gasteiger partial charge on any atom is 0.211 e. The Morgan fingerprint density at radius 1 is 0.276 bits per heavy atom. The molecule has 1 heterocycles. The summed E-state index contributed by atoms with van der Waals surface area (Å²) in [7, 11) is 0. The van der Waals surface area contributed by atoms with Crippen LogP contribution in [0.2, 0.25) is 0 Å². The Morgan fingerprint density at radius 2 is 0.513 bits per heavy atom. The summed E-state index contributed by atoms with van der Waals surface area (Å²) < 4.78 is 1.64. The van der Waals surface area contributed by atoms with Gasteiger partial charge in [0.2, 0.25) is 11.4 Å². The van der Waals surface area contributed by atoms with Gasteiger partial charge in [-0.25, -0.2) is 4.70 Å². The molecule has 1 aliphatic rings. The average molecular weight is 1040 g/mol. The summed E-state index contributed by atoms with van der Waals surface area (Å²) in [5.41, 5.74) is 22.5. The summed E-state index contributed by atoms with van der Waals surface area (Å²) >= 11 is 0. The zero-order valence-corrected chi connectivity index (χ0v) is 51.2. The molecular formula is C74H124N2. The van der Waals surface area contributed by atoms with E-state index in [4.69, 9.17) is 0 Å². The molecular weight excluding hydrogens is 917 g/mol. The lowest BCUT2D eigenvalue weighted by molar-refractivity contribution is -0.345. The van der Waals surface area contributed by atoms with Gasteiger partial charge in [-0.1, -0.05) is 332 Å². The molecule has 1 aliphatic heterocycles. The minimum absolute atomic E-state index is 0.992. The summed E-state index contributed by atoms with van der Waals surface area (Å²) in [4.78, 5) is 0. The van der Waals surface area contributed by atoms with E-state index in [0.29, 0.717) is 0 Å². The number of hydrogen-bond acceptors (Lipinski definition) is 0. The molecule has 0 aromatic heterocycles. The van der Waals surface area contributed by atoms with Crippen LogP contribution in [0.3, 0.4) is 0 Å². The molecule has 0 aliphatic carbocycles. The predicted octanol–water partition coefficient (Wildman–Crippen LogP) is 25.9. The van der Waals surface area contributed by atoms with E-state index in [1.807, 2.05) is 0 Å². The van der Waals surface area contributed by atoms with Crippen LogP contribution in [0.4, 0.5) is 0 Å². The van der Waals surface area contributed by atoms with Crippen molar-refractivity contribution in [1.82, 2.24) is 0 Å². The average Bonchev–Trinajstić information content (AvgIpc) is 3.71. The third-order valence-electron chi connectivity index (χ3n) is 16.9. The molecule has 0 bridgehead atoms. The summed E-state index contributed by atoms with van der Waals surface area (Å²) in [5, 5.41) is 0. The minimum atomic E-state index is 0.992. The third-order valence-corrected chi connectivity index (χ3v) is 16.9. The number of unbranched alkanes of at least 4 members (excludes halogenated alkanes) is 40. The Hall–Kier alpha value is -3.00. The summed E-state index contributed by atoms with van der Waals surface area (Å²) in [6.07, 6.45) is 77.1. The van der Waals surface area contributed by atoms with Crippen LogP contribution in [-0.2, 0) is 12.8 Å². The third kappa shape index (κ3) is 31.6. The fourth-order valence-corrected chi connectivity index (χ4v) is 12.0. The van der Waals surface area contributed by atoms with Crippen LogP contribution in [0.25, 0.3) is 16.9 Å². The first-order valence-electron chi connectivity index (χ1n) is 34.1. The SMILES string of the molecule is CCCCCCCCCCCCCCCCCCCCCC=CCCc1ccccc1C1=C(CCCC)C(CCCC)=C(c2ccccc2CCC=CCCCCCCCCCCCCCCCCCCCCC)[N+]1=[N-]. The minimum Gasteiger partial charge on any atom is -0.493 e. The molecule has 76 heavy (non-hydrogen) atoms. The monoisotopic (exact) mass is 1040 g/mol. The van der Waals surface area contributed by atoms with Gasteiger partial charge in [0, 0.05) is 22.3 Å². The van der Waals surface area contributed by atoms with Crippen molar-refractivity contribution in [3.8, 4) is 0 Å². The van der Waals surface area contributed by atoms with E-state index in [0.717, 1.165) is 75.6 Å². The molecule has 3 rings (SSSR count). The predicted molar refractivity (Wildman–Crippen MR) is 340 cm³/mol. The molecule has 0 unspecified atom stereocenters. The van der Waals surface area contributed by atoms with Gasteiger partial charge in [-0.3, -0.25) is 0 Å². The molecule has 430 valence electrons. The topological polar surface area (TPSA) is 25.3 Å². The van der Waals surface area contributed by atoms with Gasteiger partial charge in [-0.15, -0.1) is 0 Å². The van der Waals surface area contributed by atoms with E-state index in [1.165, 1.54) is 290 Å². The Bertz CT molecular complexity index is 1670. The first-order chi connectivity index (χ1) is 37.7. The molecule has 0 saturated heterocycles. The van der Waals surface area contributed by atoms with E-state index in [9.17, 15) is 5.53 Å². The molecule has 2 aromatic rings. The van der Waals surface area contributed by atoms with Gasteiger partial charge in [-0.2, -0.15) is 0 Å². The summed E-state index contributed by atoms with van der Waals surface area (Å²) in [5.74, 6) is 0. The standard InChI is InChI=1S/C74H124N2/c1-5-9-13-15-17-19-21-23-25-27-29-31-33-35-37-39-41-43-45-47-49-51-53-59-67-61-55-57-65-69(67)73-71(63-11-7-3)72(64-12-8-4)74(76(73)75)70-66-58-56-62-68(70)60-54-52-50-48-46-44-42-40-38-36-34-32-30-28-26-24-22-20-18-16-14-10-6-2/h49-52,55-58,61-62,65-66H,5-48,53-54,59-60,63-64H2,1-4H3. The van der Waals surface area contributed by atoms with Crippen LogP contribution in [0.5, 0.6) is 0 Å². The molecule has 2 aromatic carbocycles. The van der Waals surface area contributed by atoms with E-state index in [2.05, 4.69) is 101 Å². The van der Waals surface area contributed by atoms with Crippen LogP contribution in [0.1, 0.15) is 358 Å². The second-order valence-electron chi connectivity index (χ2n) is 23.8. The normalized spacial score (nSPS) is 13.1. The summed E-state index contributed by atoms with van der Waals surface area (Å²) in [6.45, 7) is 9.22. The van der Waals surface area contributed by atoms with Crippen LogP contribution < -0.4 is 0 Å². The second-order valence-corrected chi connectivity index (χ2v) is 23.8. The van der Waals surface area contributed by atoms with E-state index in [-0.39, 0.29) is 0 Å². The largest absolute Gasteiger partial charge is 0.493 e. The van der Waals surface area contributed by atoms with Crippen molar-refractivity contribution >= 4 is 11.4 Å². The fraction of sp³-hybridized carbons (Fsp3) is 0.730. The molecule has 2 nitrogen and oxygen atoms in total. The van der Waals surface area contributed by atoms with Crippen molar-refractivity contribution in [3.63, 3.8) is 0 Å². The molecule has 0 atom stereocenters. The Kier molecular flexibility index (Phi) is 43.4. The Balaban J connectivity index is 1.37. The van der Waals surface area contributed by atoms with Gasteiger partial charge in [0.1, 0.15) is 0 Å². The lowest BCUT2D eigenvalue weighted by Crippen LogP contribution is -2.06. The number of nitrogens with zero attached hydrogens (tertiary/aromatic N) is 2. The van der Waals surface area contributed by atoms with Crippen LogP contribution in [0.15, 0.2) is 84.0 Å². The first-order valence-corrected chi connectivity index (χ1v) is 34.1. The smallest absolute Gasteiger partial charge is 0.211 e. The number of hydrogen-bond donors (Lipinski definition) is 0. The lowest BCUT2D eigenvalue weighted by atomic mass is 9.90. The van der Waals surface area contributed by atoms with Crippen molar-refractivity contribution in [2.45, 2.75) is 349 Å². The van der Waals surface area contributed by atoms with Crippen molar-refractivity contribution in [3.05, 3.63) is 112 Å². The Morgan fingerprint density at radius 3 is 0.789 bits per heavy atom. The maximum absolute atomic E-state index is 12.5. The van der Waals surface area contributed by atoms with Gasteiger partial charge in [-0.05, 0) is 100 Å². The van der Waals surface area contributed by atoms with Crippen molar-refractivity contribution in [2.75, 3.05) is 0 Å². The zero-order valence-electron chi connectivity index (χ0n) is 51.2. The highest BCUT2D eigenvalue weighted by molar-refractivity contribution is 5.83. The van der Waals surface area contributed by atoms with Crippen molar-refractivity contribution in [2.24, 2.45) is 0 Å². The van der Waals surface area contributed by atoms with E-state index < -0.39 is 0 Å². The van der Waals surface area contributed by atoms with Gasteiger partial charge < -0.3 is 5.53 Å². The van der Waals surface area contributed by atoms with Crippen molar-refractivity contribution < 1.29 is 4.70 Å². The fourth-order valence-electron chi connectivity index (χ4n) is 12.0. The molecule has 0 saturated carbocycles. The second kappa shape index (κ2) is 49.1. The highest BCUT2D eigenvalue weighted by Crippen LogP contribution is 2.46. The van der Waals surface area contributed by atoms with E-state index >= 15 is 0 Å². The molecule has 0 fully saturated rings. The maximum atomic E-state index is 12.5. The molecule has 2 heteroatoms. The van der Waals surface area contributed by atoms with Gasteiger partial charge in [0.15, 0.2) is 0 Å². The van der Waals surface area contributed by atoms with Crippen LogP contribution in [-0.4, -0.2) is 4.70 Å². The zero-order chi connectivity index (χ0) is 54.0. The Labute approximate surface area is 474 Å². The molecule has 0 amide bonds. The molecule has 0 spiro atoms. The van der Waals surface area contributed by atoms with Gasteiger partial charge in [0.05, 0.1) is 0 Å². The van der Waals surface area contributed by atoms with Crippen molar-refractivity contribution in [1.29, 1.82) is 0 Å². The number of aryl methyl sites for hydroxylation is 2. The summed E-state index contributed by atoms with van der Waals surface area (Å²) in [6, 6.07) is 17.9. The quantitative estimate of drug-likeness (QED) is 0.0358. The highest BCUT2D eigenvalue weighted by Gasteiger charge is 2.36.